The highest BCUT2D eigenvalue weighted by atomic mass is 16.4. The molecule has 0 saturated carbocycles. The Morgan fingerprint density at radius 3 is 2.52 bits per heavy atom. The number of nitrogens with two attached hydrogens (primary N) is 2. The Labute approximate surface area is 131 Å². The van der Waals surface area contributed by atoms with Crippen LogP contribution in [0.25, 0.3) is 11.1 Å². The van der Waals surface area contributed by atoms with Crippen molar-refractivity contribution in [3.05, 3.63) is 58.7 Å². The molecule has 2 aromatic rings. The lowest BCUT2D eigenvalue weighted by atomic mass is 9.99. The highest BCUT2D eigenvalue weighted by Gasteiger charge is 2.28. The first-order chi connectivity index (χ1) is 11.1. The molecule has 2 aromatic carbocycles. The van der Waals surface area contributed by atoms with Crippen molar-refractivity contribution >= 4 is 17.6 Å². The largest absolute Gasteiger partial charge is 0.410 e. The topological polar surface area (TPSA) is 134 Å². The maximum Gasteiger partial charge on any atom is 0.280 e. The number of carbonyl (C=O) groups excluding carboxylic acids is 1. The SMILES string of the molecule is NC(N)=NC(=O)c1ccc2c(c1)C(=NO)c1cccc(CO)c1-2. The van der Waals surface area contributed by atoms with Crippen LogP contribution in [0.4, 0.5) is 0 Å². The molecule has 116 valence electrons. The number of carbonyl (C=O) groups is 1. The maximum atomic E-state index is 12.0. The summed E-state index contributed by atoms with van der Waals surface area (Å²) in [7, 11) is 0. The molecule has 0 aliphatic heterocycles. The molecule has 7 nitrogen and oxygen atoms in total. The highest BCUT2D eigenvalue weighted by Crippen LogP contribution is 2.39. The van der Waals surface area contributed by atoms with Crippen molar-refractivity contribution in [1.82, 2.24) is 0 Å². The third-order valence-corrected chi connectivity index (χ3v) is 3.70. The number of aliphatic imine (C=N–C) groups is 1. The van der Waals surface area contributed by atoms with Crippen LogP contribution in [0.5, 0.6) is 0 Å². The predicted octanol–water partition coefficient (Wildman–Crippen LogP) is 0.799. The molecule has 0 heterocycles. The Balaban J connectivity index is 2.20. The number of oxime groups is 1. The summed E-state index contributed by atoms with van der Waals surface area (Å²) in [5.74, 6) is -0.902. The third kappa shape index (κ3) is 2.33. The van der Waals surface area contributed by atoms with E-state index in [4.69, 9.17) is 11.5 Å². The number of aliphatic hydroxyl groups excluding tert-OH is 1. The molecule has 0 aromatic heterocycles. The van der Waals surface area contributed by atoms with Gasteiger partial charge in [-0.15, -0.1) is 0 Å². The van der Waals surface area contributed by atoms with Crippen molar-refractivity contribution in [2.75, 3.05) is 0 Å². The Kier molecular flexibility index (Phi) is 3.55. The molecule has 0 atom stereocenters. The van der Waals surface area contributed by atoms with Gasteiger partial charge in [-0.1, -0.05) is 29.4 Å². The van der Waals surface area contributed by atoms with Crippen LogP contribution in [-0.2, 0) is 6.61 Å². The van der Waals surface area contributed by atoms with Crippen molar-refractivity contribution < 1.29 is 15.1 Å². The highest BCUT2D eigenvalue weighted by molar-refractivity contribution is 6.25. The zero-order chi connectivity index (χ0) is 16.6. The van der Waals surface area contributed by atoms with Crippen LogP contribution in [0, 0.1) is 0 Å². The number of benzene rings is 2. The number of fused-ring (bicyclic) bond motifs is 3. The van der Waals surface area contributed by atoms with Crippen molar-refractivity contribution in [1.29, 1.82) is 0 Å². The summed E-state index contributed by atoms with van der Waals surface area (Å²) in [4.78, 5) is 15.5. The standard InChI is InChI=1S/C16H14N4O3/c17-16(18)19-15(22)8-4-5-10-12(6-8)14(20-23)11-3-1-2-9(7-21)13(10)11/h1-6,21,23H,7H2,(H4,17,18,19,22). The van der Waals surface area contributed by atoms with E-state index in [2.05, 4.69) is 10.1 Å². The molecule has 6 N–H and O–H groups in total. The fraction of sp³-hybridized carbons (Fsp3) is 0.0625. The smallest absolute Gasteiger partial charge is 0.280 e. The Morgan fingerprint density at radius 1 is 1.09 bits per heavy atom. The van der Waals surface area contributed by atoms with E-state index >= 15 is 0 Å². The summed E-state index contributed by atoms with van der Waals surface area (Å²) < 4.78 is 0. The Bertz CT molecular complexity index is 868. The predicted molar refractivity (Wildman–Crippen MR) is 85.4 cm³/mol. The van der Waals surface area contributed by atoms with Gasteiger partial charge in [0.2, 0.25) is 0 Å². The van der Waals surface area contributed by atoms with Gasteiger partial charge < -0.3 is 21.8 Å². The zero-order valence-corrected chi connectivity index (χ0v) is 12.0. The van der Waals surface area contributed by atoms with Crippen LogP contribution in [0.1, 0.15) is 27.0 Å². The van der Waals surface area contributed by atoms with E-state index in [1.165, 1.54) is 0 Å². The molecule has 0 bridgehead atoms. The first-order valence-electron chi connectivity index (χ1n) is 6.80. The van der Waals surface area contributed by atoms with Crippen LogP contribution in [-0.4, -0.2) is 27.9 Å². The van der Waals surface area contributed by atoms with Gasteiger partial charge in [-0.25, -0.2) is 0 Å². The van der Waals surface area contributed by atoms with Gasteiger partial charge in [0.25, 0.3) is 5.91 Å². The fourth-order valence-electron chi connectivity index (χ4n) is 2.77. The number of hydrogen-bond donors (Lipinski definition) is 4. The molecule has 1 amide bonds. The lowest BCUT2D eigenvalue weighted by Crippen LogP contribution is -2.24. The number of nitrogens with zero attached hydrogens (tertiary/aromatic N) is 2. The molecule has 23 heavy (non-hydrogen) atoms. The summed E-state index contributed by atoms with van der Waals surface area (Å²) in [6, 6.07) is 10.2. The maximum absolute atomic E-state index is 12.0. The van der Waals surface area contributed by atoms with Gasteiger partial charge in [0.1, 0.15) is 5.71 Å². The monoisotopic (exact) mass is 310 g/mol. The molecule has 1 aliphatic carbocycles. The quantitative estimate of drug-likeness (QED) is 0.240. The van der Waals surface area contributed by atoms with E-state index in [1.54, 1.807) is 36.4 Å². The zero-order valence-electron chi connectivity index (χ0n) is 12.0. The van der Waals surface area contributed by atoms with Crippen LogP contribution in [0.2, 0.25) is 0 Å². The summed E-state index contributed by atoms with van der Waals surface area (Å²) in [5, 5.41) is 22.2. The van der Waals surface area contributed by atoms with Crippen LogP contribution >= 0.6 is 0 Å². The van der Waals surface area contributed by atoms with Crippen molar-refractivity contribution in [2.45, 2.75) is 6.61 Å². The van der Waals surface area contributed by atoms with Gasteiger partial charge in [0.15, 0.2) is 5.96 Å². The molecule has 0 saturated heterocycles. The summed E-state index contributed by atoms with van der Waals surface area (Å²) in [6.45, 7) is -0.143. The van der Waals surface area contributed by atoms with Crippen LogP contribution < -0.4 is 11.5 Å². The van der Waals surface area contributed by atoms with Gasteiger partial charge >= 0.3 is 0 Å². The first kappa shape index (κ1) is 14.7. The van der Waals surface area contributed by atoms with Gasteiger partial charge in [-0.2, -0.15) is 4.99 Å². The van der Waals surface area contributed by atoms with E-state index in [9.17, 15) is 15.1 Å². The average Bonchev–Trinajstić information content (AvgIpc) is 2.86. The minimum Gasteiger partial charge on any atom is -0.410 e. The normalized spacial score (nSPS) is 13.5. The van der Waals surface area contributed by atoms with E-state index in [-0.39, 0.29) is 18.1 Å². The number of hydrogen-bond acceptors (Lipinski definition) is 4. The van der Waals surface area contributed by atoms with Crippen molar-refractivity contribution in [3.8, 4) is 11.1 Å². The average molecular weight is 310 g/mol. The molecule has 0 fully saturated rings. The van der Waals surface area contributed by atoms with Gasteiger partial charge in [-0.3, -0.25) is 4.79 Å². The number of aliphatic hydroxyl groups is 1. The first-order valence-corrected chi connectivity index (χ1v) is 6.80. The van der Waals surface area contributed by atoms with Crippen molar-refractivity contribution in [2.24, 2.45) is 21.6 Å². The van der Waals surface area contributed by atoms with Gasteiger partial charge in [0, 0.05) is 16.7 Å². The minimum absolute atomic E-state index is 0.143. The molecule has 3 rings (SSSR count). The van der Waals surface area contributed by atoms with E-state index in [1.807, 2.05) is 0 Å². The lowest BCUT2D eigenvalue weighted by molar-refractivity contribution is 0.100. The number of amides is 1. The molecule has 0 radical (unpaired) electrons. The third-order valence-electron chi connectivity index (χ3n) is 3.70. The second kappa shape index (κ2) is 5.54. The molecule has 1 aliphatic rings. The Morgan fingerprint density at radius 2 is 1.87 bits per heavy atom. The second-order valence-corrected chi connectivity index (χ2v) is 5.05. The molecule has 0 spiro atoms. The lowest BCUT2D eigenvalue weighted by Gasteiger charge is -2.06. The van der Waals surface area contributed by atoms with Crippen LogP contribution in [0.15, 0.2) is 46.5 Å². The van der Waals surface area contributed by atoms with Crippen molar-refractivity contribution in [3.63, 3.8) is 0 Å². The molecule has 7 heteroatoms. The van der Waals surface area contributed by atoms with Gasteiger partial charge in [-0.05, 0) is 28.8 Å². The number of guanidine groups is 1. The van der Waals surface area contributed by atoms with E-state index in [0.29, 0.717) is 22.4 Å². The summed E-state index contributed by atoms with van der Waals surface area (Å²) in [6.07, 6.45) is 0. The molecular formula is C16H14N4O3. The molecular weight excluding hydrogens is 296 g/mol. The van der Waals surface area contributed by atoms with E-state index < -0.39 is 5.91 Å². The van der Waals surface area contributed by atoms with E-state index in [0.717, 1.165) is 11.1 Å². The van der Waals surface area contributed by atoms with Crippen LogP contribution in [0.3, 0.4) is 0 Å². The minimum atomic E-state index is -0.580. The summed E-state index contributed by atoms with van der Waals surface area (Å²) >= 11 is 0. The summed E-state index contributed by atoms with van der Waals surface area (Å²) in [5.41, 5.74) is 14.6. The second-order valence-electron chi connectivity index (χ2n) is 5.05. The molecule has 0 unspecified atom stereocenters. The fourth-order valence-corrected chi connectivity index (χ4v) is 2.77. The Hall–Kier alpha value is -3.19. The van der Waals surface area contributed by atoms with Gasteiger partial charge in [0.05, 0.1) is 6.61 Å². The number of rotatable bonds is 2.